The topological polar surface area (TPSA) is 66.8 Å². The molecule has 0 unspecified atom stereocenters. The van der Waals surface area contributed by atoms with Crippen molar-refractivity contribution in [2.45, 2.75) is 103 Å². The standard InChI is InChI=1S/C20H38O4/c1-3-4-5-6-7-8-9-10-11-12-13-14-18-19(17(22)15-21)16(2)20(23)24-18/h16-19,21-22H,3-15H2,1-2H3/t16-,17+,18+,19+/m0/s1. The third-order valence-electron chi connectivity index (χ3n) is 5.37. The molecule has 24 heavy (non-hydrogen) atoms. The maximum Gasteiger partial charge on any atom is 0.309 e. The molecule has 0 aromatic heterocycles. The zero-order valence-corrected chi connectivity index (χ0v) is 15.7. The molecule has 0 saturated carbocycles. The molecule has 0 spiro atoms. The third-order valence-corrected chi connectivity index (χ3v) is 5.37. The van der Waals surface area contributed by atoms with Crippen LogP contribution in [0.5, 0.6) is 0 Å². The largest absolute Gasteiger partial charge is 0.462 e. The first-order chi connectivity index (χ1) is 11.6. The maximum atomic E-state index is 11.7. The van der Waals surface area contributed by atoms with Crippen molar-refractivity contribution in [1.29, 1.82) is 0 Å². The fourth-order valence-electron chi connectivity index (χ4n) is 3.78. The van der Waals surface area contributed by atoms with Gasteiger partial charge < -0.3 is 14.9 Å². The lowest BCUT2D eigenvalue weighted by atomic mass is 9.85. The zero-order chi connectivity index (χ0) is 17.8. The Morgan fingerprint density at radius 1 is 0.958 bits per heavy atom. The fraction of sp³-hybridized carbons (Fsp3) is 0.950. The number of aliphatic hydroxyl groups excluding tert-OH is 2. The van der Waals surface area contributed by atoms with Crippen LogP contribution in [0.2, 0.25) is 0 Å². The molecule has 4 atom stereocenters. The first-order valence-electron chi connectivity index (χ1n) is 10.1. The second-order valence-electron chi connectivity index (χ2n) is 7.42. The maximum absolute atomic E-state index is 11.7. The summed E-state index contributed by atoms with van der Waals surface area (Å²) in [5.41, 5.74) is 0. The first-order valence-corrected chi connectivity index (χ1v) is 10.1. The molecule has 0 aliphatic carbocycles. The minimum Gasteiger partial charge on any atom is -0.462 e. The van der Waals surface area contributed by atoms with E-state index in [-0.39, 0.29) is 30.5 Å². The van der Waals surface area contributed by atoms with Crippen molar-refractivity contribution in [3.8, 4) is 0 Å². The number of esters is 1. The lowest BCUT2D eigenvalue weighted by molar-refractivity contribution is -0.144. The molecule has 0 amide bonds. The zero-order valence-electron chi connectivity index (χ0n) is 15.7. The molecule has 0 aromatic rings. The SMILES string of the molecule is CCCCCCCCCCCCC[C@H]1OC(=O)[C@@H](C)[C@@H]1[C@H](O)CO. The van der Waals surface area contributed by atoms with Crippen LogP contribution in [0.3, 0.4) is 0 Å². The van der Waals surface area contributed by atoms with E-state index in [0.717, 1.165) is 19.3 Å². The Morgan fingerprint density at radius 3 is 1.96 bits per heavy atom. The Bertz CT molecular complexity index is 332. The van der Waals surface area contributed by atoms with E-state index >= 15 is 0 Å². The summed E-state index contributed by atoms with van der Waals surface area (Å²) in [5, 5.41) is 19.1. The van der Waals surface area contributed by atoms with Gasteiger partial charge in [-0.25, -0.2) is 0 Å². The van der Waals surface area contributed by atoms with E-state index in [9.17, 15) is 9.90 Å². The van der Waals surface area contributed by atoms with Gasteiger partial charge in [-0.3, -0.25) is 4.79 Å². The number of carbonyl (C=O) groups excluding carboxylic acids is 1. The molecule has 4 heteroatoms. The summed E-state index contributed by atoms with van der Waals surface area (Å²) >= 11 is 0. The van der Waals surface area contributed by atoms with E-state index in [0.29, 0.717) is 0 Å². The van der Waals surface area contributed by atoms with Gasteiger partial charge in [-0.05, 0) is 12.8 Å². The van der Waals surface area contributed by atoms with Crippen LogP contribution in [0.4, 0.5) is 0 Å². The fourth-order valence-corrected chi connectivity index (χ4v) is 3.78. The van der Waals surface area contributed by atoms with Crippen LogP contribution in [-0.2, 0) is 9.53 Å². The van der Waals surface area contributed by atoms with Crippen molar-refractivity contribution in [1.82, 2.24) is 0 Å². The molecular weight excluding hydrogens is 304 g/mol. The van der Waals surface area contributed by atoms with E-state index in [1.165, 1.54) is 57.8 Å². The van der Waals surface area contributed by atoms with Crippen molar-refractivity contribution < 1.29 is 19.7 Å². The number of carbonyl (C=O) groups is 1. The first kappa shape index (κ1) is 21.4. The minimum absolute atomic E-state index is 0.229. The molecule has 1 fully saturated rings. The Morgan fingerprint density at radius 2 is 1.46 bits per heavy atom. The Labute approximate surface area is 148 Å². The van der Waals surface area contributed by atoms with Gasteiger partial charge in [0.2, 0.25) is 0 Å². The van der Waals surface area contributed by atoms with Crippen molar-refractivity contribution in [3.05, 3.63) is 0 Å². The highest BCUT2D eigenvalue weighted by Gasteiger charge is 2.44. The van der Waals surface area contributed by atoms with Gasteiger partial charge in [0.25, 0.3) is 0 Å². The lowest BCUT2D eigenvalue weighted by Gasteiger charge is -2.23. The predicted octanol–water partition coefficient (Wildman–Crippen LogP) is 4.22. The van der Waals surface area contributed by atoms with E-state index in [1.807, 2.05) is 0 Å². The second kappa shape index (κ2) is 12.7. The van der Waals surface area contributed by atoms with Gasteiger partial charge in [0.1, 0.15) is 6.10 Å². The van der Waals surface area contributed by atoms with Gasteiger partial charge >= 0.3 is 5.97 Å². The smallest absolute Gasteiger partial charge is 0.309 e. The van der Waals surface area contributed by atoms with Gasteiger partial charge in [0.05, 0.1) is 18.6 Å². The summed E-state index contributed by atoms with van der Waals surface area (Å²) in [6.07, 6.45) is 13.9. The van der Waals surface area contributed by atoms with Crippen molar-refractivity contribution in [2.75, 3.05) is 6.61 Å². The van der Waals surface area contributed by atoms with E-state index < -0.39 is 6.10 Å². The summed E-state index contributed by atoms with van der Waals surface area (Å²) in [4.78, 5) is 11.7. The van der Waals surface area contributed by atoms with Crippen LogP contribution in [-0.4, -0.2) is 35.0 Å². The molecular formula is C20H38O4. The van der Waals surface area contributed by atoms with Crippen LogP contribution in [0.25, 0.3) is 0 Å². The predicted molar refractivity (Wildman–Crippen MR) is 96.7 cm³/mol. The van der Waals surface area contributed by atoms with Gasteiger partial charge in [-0.1, -0.05) is 78.1 Å². The minimum atomic E-state index is -0.857. The van der Waals surface area contributed by atoms with E-state index in [4.69, 9.17) is 9.84 Å². The highest BCUT2D eigenvalue weighted by Crippen LogP contribution is 2.33. The summed E-state index contributed by atoms with van der Waals surface area (Å²) in [6, 6.07) is 0. The second-order valence-corrected chi connectivity index (χ2v) is 7.42. The summed E-state index contributed by atoms with van der Waals surface area (Å²) in [6.45, 7) is 3.73. The van der Waals surface area contributed by atoms with Gasteiger partial charge in [0.15, 0.2) is 0 Å². The van der Waals surface area contributed by atoms with Gasteiger partial charge in [-0.15, -0.1) is 0 Å². The number of cyclic esters (lactones) is 1. The number of ether oxygens (including phenoxy) is 1. The van der Waals surface area contributed by atoms with Crippen LogP contribution in [0, 0.1) is 11.8 Å². The van der Waals surface area contributed by atoms with Crippen LogP contribution < -0.4 is 0 Å². The molecule has 142 valence electrons. The molecule has 1 heterocycles. The van der Waals surface area contributed by atoms with Crippen LogP contribution in [0.1, 0.15) is 90.9 Å². The molecule has 1 rings (SSSR count). The lowest BCUT2D eigenvalue weighted by Crippen LogP contribution is -2.34. The van der Waals surface area contributed by atoms with Crippen molar-refractivity contribution in [2.24, 2.45) is 11.8 Å². The van der Waals surface area contributed by atoms with E-state index in [2.05, 4.69) is 6.92 Å². The van der Waals surface area contributed by atoms with Crippen molar-refractivity contribution >= 4 is 5.97 Å². The summed E-state index contributed by atoms with van der Waals surface area (Å²) in [5.74, 6) is -0.809. The average molecular weight is 343 g/mol. The monoisotopic (exact) mass is 342 g/mol. The normalized spacial score (nSPS) is 25.0. The van der Waals surface area contributed by atoms with Gasteiger partial charge in [0, 0.05) is 5.92 Å². The molecule has 1 saturated heterocycles. The van der Waals surface area contributed by atoms with Crippen molar-refractivity contribution in [3.63, 3.8) is 0 Å². The number of hydrogen-bond acceptors (Lipinski definition) is 4. The highest BCUT2D eigenvalue weighted by molar-refractivity contribution is 5.74. The Kier molecular flexibility index (Phi) is 11.4. The van der Waals surface area contributed by atoms with Crippen LogP contribution in [0.15, 0.2) is 0 Å². The molecule has 1 aliphatic heterocycles. The number of aliphatic hydroxyl groups is 2. The van der Waals surface area contributed by atoms with Gasteiger partial charge in [-0.2, -0.15) is 0 Å². The average Bonchev–Trinajstić information content (AvgIpc) is 2.86. The third kappa shape index (κ3) is 7.52. The van der Waals surface area contributed by atoms with Crippen LogP contribution >= 0.6 is 0 Å². The molecule has 0 bridgehead atoms. The summed E-state index contributed by atoms with van der Waals surface area (Å²) in [7, 11) is 0. The number of hydrogen-bond donors (Lipinski definition) is 2. The Balaban J connectivity index is 2.05. The number of rotatable bonds is 14. The molecule has 1 aliphatic rings. The molecule has 2 N–H and O–H groups in total. The number of unbranched alkanes of at least 4 members (excludes halogenated alkanes) is 10. The Hall–Kier alpha value is -0.610. The van der Waals surface area contributed by atoms with E-state index in [1.54, 1.807) is 6.92 Å². The molecule has 0 aromatic carbocycles. The molecule has 0 radical (unpaired) electrons. The highest BCUT2D eigenvalue weighted by atomic mass is 16.6. The summed E-state index contributed by atoms with van der Waals surface area (Å²) < 4.78 is 5.39. The quantitative estimate of drug-likeness (QED) is 0.366. The molecule has 4 nitrogen and oxygen atoms in total.